The number of benzene rings is 2. The number of nitrogens with one attached hydrogen (secondary N) is 1. The molecule has 1 N–H and O–H groups in total. The summed E-state index contributed by atoms with van der Waals surface area (Å²) >= 11 is 1.32. The fourth-order valence-electron chi connectivity index (χ4n) is 3.12. The lowest BCUT2D eigenvalue weighted by Crippen LogP contribution is -2.29. The second kappa shape index (κ2) is 9.74. The standard InChI is InChI=1S/C22H24N4O4S/c1-15-6-5-7-16(12-15)28-11-10-23-20(27)14-31-22-25-24-21(26(22)2)19-13-29-17-8-3-4-9-18(17)30-19/h3-9,12,19H,10-11,13-14H2,1-2H3,(H,23,27). The van der Waals surface area contributed by atoms with E-state index in [1.807, 2.05) is 67.1 Å². The van der Waals surface area contributed by atoms with E-state index in [4.69, 9.17) is 14.2 Å². The highest BCUT2D eigenvalue weighted by Gasteiger charge is 2.27. The molecule has 162 valence electrons. The third-order valence-corrected chi connectivity index (χ3v) is 5.70. The molecule has 0 saturated carbocycles. The van der Waals surface area contributed by atoms with Crippen molar-refractivity contribution in [3.8, 4) is 17.2 Å². The van der Waals surface area contributed by atoms with Crippen molar-refractivity contribution >= 4 is 17.7 Å². The maximum atomic E-state index is 12.1. The molecule has 0 saturated heterocycles. The minimum Gasteiger partial charge on any atom is -0.492 e. The van der Waals surface area contributed by atoms with E-state index in [2.05, 4.69) is 15.5 Å². The van der Waals surface area contributed by atoms with Gasteiger partial charge in [-0.05, 0) is 36.8 Å². The number of amides is 1. The molecular weight excluding hydrogens is 416 g/mol. The molecule has 0 fully saturated rings. The molecule has 31 heavy (non-hydrogen) atoms. The van der Waals surface area contributed by atoms with Gasteiger partial charge in [-0.3, -0.25) is 4.79 Å². The van der Waals surface area contributed by atoms with Crippen molar-refractivity contribution in [3.63, 3.8) is 0 Å². The van der Waals surface area contributed by atoms with Crippen LogP contribution in [0.15, 0.2) is 53.7 Å². The summed E-state index contributed by atoms with van der Waals surface area (Å²) in [4.78, 5) is 12.1. The molecule has 3 aromatic rings. The highest BCUT2D eigenvalue weighted by atomic mass is 32.2. The number of aryl methyl sites for hydroxylation is 1. The van der Waals surface area contributed by atoms with Crippen LogP contribution in [-0.4, -0.2) is 46.2 Å². The van der Waals surface area contributed by atoms with Gasteiger partial charge < -0.3 is 24.1 Å². The quantitative estimate of drug-likeness (QED) is 0.426. The average Bonchev–Trinajstić information content (AvgIpc) is 3.15. The Morgan fingerprint density at radius 3 is 2.90 bits per heavy atom. The van der Waals surface area contributed by atoms with Crippen LogP contribution in [0.25, 0.3) is 0 Å². The topological polar surface area (TPSA) is 87.5 Å². The van der Waals surface area contributed by atoms with Crippen LogP contribution in [0.3, 0.4) is 0 Å². The van der Waals surface area contributed by atoms with Crippen molar-refractivity contribution in [1.82, 2.24) is 20.1 Å². The smallest absolute Gasteiger partial charge is 0.230 e. The van der Waals surface area contributed by atoms with Crippen LogP contribution in [0.5, 0.6) is 17.2 Å². The number of hydrogen-bond acceptors (Lipinski definition) is 7. The van der Waals surface area contributed by atoms with Gasteiger partial charge >= 0.3 is 0 Å². The molecule has 2 heterocycles. The van der Waals surface area contributed by atoms with Crippen LogP contribution < -0.4 is 19.5 Å². The minimum absolute atomic E-state index is 0.0893. The van der Waals surface area contributed by atoms with Gasteiger partial charge in [0.15, 0.2) is 28.6 Å². The summed E-state index contributed by atoms with van der Waals surface area (Å²) in [6.07, 6.45) is -0.352. The Morgan fingerprint density at radius 1 is 1.23 bits per heavy atom. The molecule has 0 radical (unpaired) electrons. The Morgan fingerprint density at radius 2 is 2.06 bits per heavy atom. The molecule has 4 rings (SSSR count). The zero-order valence-electron chi connectivity index (χ0n) is 17.4. The second-order valence-electron chi connectivity index (χ2n) is 7.07. The number of nitrogens with zero attached hydrogens (tertiary/aromatic N) is 3. The predicted octanol–water partition coefficient (Wildman–Crippen LogP) is 2.92. The number of para-hydroxylation sites is 2. The third-order valence-electron chi connectivity index (χ3n) is 4.68. The molecule has 1 unspecified atom stereocenters. The fraction of sp³-hybridized carbons (Fsp3) is 0.318. The lowest BCUT2D eigenvalue weighted by molar-refractivity contribution is -0.118. The van der Waals surface area contributed by atoms with Crippen LogP contribution in [0.4, 0.5) is 0 Å². The van der Waals surface area contributed by atoms with E-state index >= 15 is 0 Å². The summed E-state index contributed by atoms with van der Waals surface area (Å²) < 4.78 is 19.2. The van der Waals surface area contributed by atoms with Gasteiger partial charge in [-0.1, -0.05) is 36.0 Å². The molecule has 8 nitrogen and oxygen atoms in total. The highest BCUT2D eigenvalue weighted by Crippen LogP contribution is 2.35. The van der Waals surface area contributed by atoms with E-state index in [-0.39, 0.29) is 17.8 Å². The molecule has 0 bridgehead atoms. The highest BCUT2D eigenvalue weighted by molar-refractivity contribution is 7.99. The minimum atomic E-state index is -0.352. The Kier molecular flexibility index (Phi) is 6.61. The summed E-state index contributed by atoms with van der Waals surface area (Å²) in [6, 6.07) is 15.3. The zero-order valence-corrected chi connectivity index (χ0v) is 18.2. The van der Waals surface area contributed by atoms with Gasteiger partial charge in [-0.25, -0.2) is 0 Å². The first kappa shape index (κ1) is 21.0. The maximum absolute atomic E-state index is 12.1. The van der Waals surface area contributed by atoms with E-state index in [0.29, 0.717) is 36.5 Å². The first-order valence-electron chi connectivity index (χ1n) is 9.97. The number of rotatable bonds is 8. The van der Waals surface area contributed by atoms with Gasteiger partial charge in [0.05, 0.1) is 12.3 Å². The van der Waals surface area contributed by atoms with E-state index in [0.717, 1.165) is 17.1 Å². The van der Waals surface area contributed by atoms with Crippen LogP contribution >= 0.6 is 11.8 Å². The Hall–Kier alpha value is -3.20. The first-order valence-corrected chi connectivity index (χ1v) is 11.0. The Labute approximate surface area is 184 Å². The van der Waals surface area contributed by atoms with Crippen molar-refractivity contribution in [2.45, 2.75) is 18.2 Å². The molecule has 1 aliphatic heterocycles. The summed E-state index contributed by atoms with van der Waals surface area (Å²) in [5.74, 6) is 3.01. The zero-order chi connectivity index (χ0) is 21.6. The van der Waals surface area contributed by atoms with Gasteiger partial charge in [0.25, 0.3) is 0 Å². The van der Waals surface area contributed by atoms with E-state index in [1.165, 1.54) is 11.8 Å². The van der Waals surface area contributed by atoms with Crippen LogP contribution in [-0.2, 0) is 11.8 Å². The van der Waals surface area contributed by atoms with Gasteiger partial charge in [-0.15, -0.1) is 10.2 Å². The molecular formula is C22H24N4O4S. The van der Waals surface area contributed by atoms with E-state index in [9.17, 15) is 4.79 Å². The molecule has 1 aliphatic rings. The van der Waals surface area contributed by atoms with E-state index < -0.39 is 0 Å². The SMILES string of the molecule is Cc1cccc(OCCNC(=O)CSc2nnc(C3COc4ccccc4O3)n2C)c1. The van der Waals surface area contributed by atoms with Gasteiger partial charge in [0, 0.05) is 7.05 Å². The summed E-state index contributed by atoms with van der Waals surface area (Å²) in [5, 5.41) is 11.9. The monoisotopic (exact) mass is 440 g/mol. The van der Waals surface area contributed by atoms with Crippen LogP contribution in [0, 0.1) is 6.92 Å². The molecule has 9 heteroatoms. The first-order chi connectivity index (χ1) is 15.1. The number of thioether (sulfide) groups is 1. The lowest BCUT2D eigenvalue weighted by Gasteiger charge is -2.25. The number of ether oxygens (including phenoxy) is 3. The number of hydrogen-bond donors (Lipinski definition) is 1. The molecule has 0 aliphatic carbocycles. The normalized spacial score (nSPS) is 14.8. The number of carbonyl (C=O) groups is 1. The largest absolute Gasteiger partial charge is 0.492 e. The van der Waals surface area contributed by atoms with Crippen molar-refractivity contribution in [1.29, 1.82) is 0 Å². The maximum Gasteiger partial charge on any atom is 0.230 e. The Bertz CT molecular complexity index is 1060. The molecule has 1 aromatic heterocycles. The summed E-state index contributed by atoms with van der Waals surface area (Å²) in [7, 11) is 1.86. The van der Waals surface area contributed by atoms with Crippen LogP contribution in [0.1, 0.15) is 17.5 Å². The summed E-state index contributed by atoms with van der Waals surface area (Å²) in [5.41, 5.74) is 1.13. The van der Waals surface area contributed by atoms with Crippen LogP contribution in [0.2, 0.25) is 0 Å². The molecule has 1 amide bonds. The Balaban J connectivity index is 1.23. The van der Waals surface area contributed by atoms with E-state index in [1.54, 1.807) is 0 Å². The van der Waals surface area contributed by atoms with Crippen molar-refractivity contribution in [3.05, 3.63) is 59.9 Å². The molecule has 0 spiro atoms. The predicted molar refractivity (Wildman–Crippen MR) is 117 cm³/mol. The number of carbonyl (C=O) groups excluding carboxylic acids is 1. The molecule has 2 aromatic carbocycles. The van der Waals surface area contributed by atoms with Gasteiger partial charge in [0.1, 0.15) is 19.0 Å². The summed E-state index contributed by atoms with van der Waals surface area (Å²) in [6.45, 7) is 3.21. The number of fused-ring (bicyclic) bond motifs is 1. The average molecular weight is 441 g/mol. The second-order valence-corrected chi connectivity index (χ2v) is 8.01. The molecule has 1 atom stereocenters. The van der Waals surface area contributed by atoms with Crippen molar-refractivity contribution < 1.29 is 19.0 Å². The van der Waals surface area contributed by atoms with Gasteiger partial charge in [0.2, 0.25) is 5.91 Å². The fourth-order valence-corrected chi connectivity index (χ4v) is 3.87. The number of aromatic nitrogens is 3. The van der Waals surface area contributed by atoms with Crippen molar-refractivity contribution in [2.75, 3.05) is 25.5 Å². The van der Waals surface area contributed by atoms with Crippen molar-refractivity contribution in [2.24, 2.45) is 7.05 Å². The lowest BCUT2D eigenvalue weighted by atomic mass is 10.2. The van der Waals surface area contributed by atoms with Gasteiger partial charge in [-0.2, -0.15) is 0 Å². The third kappa shape index (κ3) is 5.29.